The maximum absolute atomic E-state index is 11.1. The largest absolute Gasteiger partial charge is 0.487 e. The highest BCUT2D eigenvalue weighted by atomic mass is 16.5. The van der Waals surface area contributed by atoms with Crippen LogP contribution < -0.4 is 15.4 Å². The lowest BCUT2D eigenvalue weighted by atomic mass is 9.96. The van der Waals surface area contributed by atoms with Crippen molar-refractivity contribution >= 4 is 14.1 Å². The van der Waals surface area contributed by atoms with Gasteiger partial charge in [0.2, 0.25) is 0 Å². The minimum Gasteiger partial charge on any atom is -0.487 e. The number of hydrogen-bond donors (Lipinski definition) is 2. The van der Waals surface area contributed by atoms with E-state index >= 15 is 0 Å². The number of nitrogens with one attached hydrogen (secondary N) is 2. The third kappa shape index (κ3) is 2.08. The van der Waals surface area contributed by atoms with Crippen molar-refractivity contribution in [2.75, 3.05) is 13.1 Å². The predicted octanol–water partition coefficient (Wildman–Crippen LogP) is -0.547. The number of aldehydes is 1. The third-order valence-electron chi connectivity index (χ3n) is 3.39. The molecule has 3 rings (SSSR count). The van der Waals surface area contributed by atoms with Gasteiger partial charge in [0.15, 0.2) is 6.29 Å². The van der Waals surface area contributed by atoms with E-state index in [1.54, 1.807) is 0 Å². The molecule has 0 saturated carbocycles. The van der Waals surface area contributed by atoms with E-state index in [9.17, 15) is 4.79 Å². The molecular weight excluding hydrogens is 215 g/mol. The summed E-state index contributed by atoms with van der Waals surface area (Å²) >= 11 is 0. The molecule has 1 aromatic rings. The van der Waals surface area contributed by atoms with E-state index in [0.29, 0.717) is 23.3 Å². The zero-order valence-corrected chi connectivity index (χ0v) is 9.77. The Labute approximate surface area is 101 Å². The lowest BCUT2D eigenvalue weighted by molar-refractivity contribution is 0.110. The molecule has 2 aliphatic heterocycles. The Bertz CT molecular complexity index is 448. The second-order valence-corrected chi connectivity index (χ2v) is 4.75. The first-order chi connectivity index (χ1) is 8.28. The van der Waals surface area contributed by atoms with Gasteiger partial charge in [0.1, 0.15) is 19.7 Å². The van der Waals surface area contributed by atoms with Gasteiger partial charge in [0.05, 0.1) is 5.56 Å². The molecule has 2 heterocycles. The first kappa shape index (κ1) is 10.8. The molecule has 0 amide bonds. The highest BCUT2D eigenvalue weighted by Gasteiger charge is 2.33. The van der Waals surface area contributed by atoms with Crippen LogP contribution in [0.4, 0.5) is 0 Å². The first-order valence-corrected chi connectivity index (χ1v) is 6.00. The summed E-state index contributed by atoms with van der Waals surface area (Å²) in [5.74, 6) is 1.21. The Morgan fingerprint density at radius 1 is 1.41 bits per heavy atom. The molecule has 0 aromatic heterocycles. The normalized spacial score (nSPS) is 27.3. The quantitative estimate of drug-likeness (QED) is 0.414. The number of ether oxygens (including phenoxy) is 1. The van der Waals surface area contributed by atoms with E-state index in [-0.39, 0.29) is 6.10 Å². The van der Waals surface area contributed by atoms with Gasteiger partial charge in [-0.3, -0.25) is 4.79 Å². The van der Waals surface area contributed by atoms with Gasteiger partial charge in [-0.1, -0.05) is 6.07 Å². The molecular formula is C12H15BN2O2. The summed E-state index contributed by atoms with van der Waals surface area (Å²) in [5, 5.41) is 6.46. The van der Waals surface area contributed by atoms with Crippen molar-refractivity contribution in [1.29, 1.82) is 0 Å². The molecule has 2 unspecified atom stereocenters. The van der Waals surface area contributed by atoms with E-state index in [1.807, 2.05) is 18.2 Å². The van der Waals surface area contributed by atoms with Gasteiger partial charge >= 0.3 is 0 Å². The van der Waals surface area contributed by atoms with Gasteiger partial charge in [-0.05, 0) is 23.6 Å². The summed E-state index contributed by atoms with van der Waals surface area (Å²) in [6.07, 6.45) is 1.08. The van der Waals surface area contributed by atoms with Crippen LogP contribution in [0.3, 0.4) is 0 Å². The van der Waals surface area contributed by atoms with Gasteiger partial charge in [0.25, 0.3) is 0 Å². The van der Waals surface area contributed by atoms with E-state index in [0.717, 1.165) is 19.4 Å². The van der Waals surface area contributed by atoms with Crippen molar-refractivity contribution in [2.45, 2.75) is 18.1 Å². The van der Waals surface area contributed by atoms with Crippen LogP contribution in [0.25, 0.3) is 0 Å². The van der Waals surface area contributed by atoms with Crippen LogP contribution in [-0.4, -0.2) is 39.3 Å². The monoisotopic (exact) mass is 230 g/mol. The summed E-state index contributed by atoms with van der Waals surface area (Å²) in [7, 11) is 2.13. The molecule has 2 atom stereocenters. The van der Waals surface area contributed by atoms with Crippen molar-refractivity contribution in [3.05, 3.63) is 29.3 Å². The molecule has 17 heavy (non-hydrogen) atoms. The van der Waals surface area contributed by atoms with Crippen LogP contribution in [0.5, 0.6) is 5.75 Å². The fourth-order valence-electron chi connectivity index (χ4n) is 2.10. The lowest BCUT2D eigenvalue weighted by Crippen LogP contribution is -2.50. The Balaban J connectivity index is 1.80. The molecule has 2 N–H and O–H groups in total. The van der Waals surface area contributed by atoms with Crippen LogP contribution >= 0.6 is 0 Å². The molecule has 2 fully saturated rings. The van der Waals surface area contributed by atoms with Crippen LogP contribution in [0.15, 0.2) is 18.2 Å². The van der Waals surface area contributed by atoms with Crippen LogP contribution in [0.1, 0.15) is 22.0 Å². The molecule has 5 heteroatoms. The zero-order valence-electron chi connectivity index (χ0n) is 9.77. The zero-order chi connectivity index (χ0) is 11.8. The summed E-state index contributed by atoms with van der Waals surface area (Å²) in [6.45, 7) is 1.72. The van der Waals surface area contributed by atoms with E-state index < -0.39 is 0 Å². The number of rotatable bonds is 4. The highest BCUT2D eigenvalue weighted by Crippen LogP contribution is 2.30. The van der Waals surface area contributed by atoms with E-state index in [2.05, 4.69) is 18.5 Å². The fourth-order valence-corrected chi connectivity index (χ4v) is 2.10. The Kier molecular flexibility index (Phi) is 2.65. The second-order valence-electron chi connectivity index (χ2n) is 4.75. The third-order valence-corrected chi connectivity index (χ3v) is 3.39. The van der Waals surface area contributed by atoms with E-state index in [4.69, 9.17) is 4.74 Å². The van der Waals surface area contributed by atoms with Crippen molar-refractivity contribution < 1.29 is 9.53 Å². The number of benzene rings is 1. The summed E-state index contributed by atoms with van der Waals surface area (Å²) < 4.78 is 5.74. The smallest absolute Gasteiger partial charge is 0.153 e. The van der Waals surface area contributed by atoms with Gasteiger partial charge in [-0.15, -0.1) is 0 Å². The average Bonchev–Trinajstić information content (AvgIpc) is 3.01. The van der Waals surface area contributed by atoms with Crippen molar-refractivity contribution in [1.82, 2.24) is 10.6 Å². The van der Waals surface area contributed by atoms with Crippen molar-refractivity contribution in [2.24, 2.45) is 0 Å². The minimum atomic E-state index is 0.206. The lowest BCUT2D eigenvalue weighted by Gasteiger charge is -2.28. The number of carbonyl (C=O) groups is 1. The van der Waals surface area contributed by atoms with Gasteiger partial charge in [0, 0.05) is 19.1 Å². The maximum atomic E-state index is 11.1. The van der Waals surface area contributed by atoms with Gasteiger partial charge in [-0.25, -0.2) is 0 Å². The molecule has 0 bridgehead atoms. The Hall–Kier alpha value is -1.33. The molecule has 2 saturated heterocycles. The Morgan fingerprint density at radius 2 is 2.18 bits per heavy atom. The number of carbonyl (C=O) groups excluding carboxylic acids is 1. The van der Waals surface area contributed by atoms with Gasteiger partial charge < -0.3 is 15.4 Å². The minimum absolute atomic E-state index is 0.206. The maximum Gasteiger partial charge on any atom is 0.153 e. The highest BCUT2D eigenvalue weighted by molar-refractivity contribution is 6.14. The summed E-state index contributed by atoms with van der Waals surface area (Å²) in [4.78, 5) is 11.1. The van der Waals surface area contributed by atoms with Crippen molar-refractivity contribution in [3.63, 3.8) is 0 Å². The van der Waals surface area contributed by atoms with E-state index in [1.165, 1.54) is 5.56 Å². The fraction of sp³-hybridized carbons (Fsp3) is 0.417. The second kappa shape index (κ2) is 4.16. The summed E-state index contributed by atoms with van der Waals surface area (Å²) in [6, 6.07) is 6.27. The standard InChI is InChI=1S/C12H15BN2O2/c13-12-11(15-12)7-1-2-10(8(3-7)6-16)17-9-4-14-5-9/h1-3,6,9,11-12,14-15H,4-5,13H2. The predicted molar refractivity (Wildman–Crippen MR) is 67.3 cm³/mol. The summed E-state index contributed by atoms with van der Waals surface area (Å²) in [5.41, 5.74) is 1.81. The first-order valence-electron chi connectivity index (χ1n) is 6.00. The van der Waals surface area contributed by atoms with Crippen LogP contribution in [-0.2, 0) is 0 Å². The SMILES string of the molecule is BC1NC1c1ccc(OC2CNC2)c(C=O)c1. The van der Waals surface area contributed by atoms with Crippen LogP contribution in [0.2, 0.25) is 0 Å². The van der Waals surface area contributed by atoms with Crippen LogP contribution in [0, 0.1) is 0 Å². The number of hydrogen-bond acceptors (Lipinski definition) is 4. The molecule has 2 aliphatic rings. The molecule has 0 aliphatic carbocycles. The molecule has 1 aromatic carbocycles. The molecule has 4 nitrogen and oxygen atoms in total. The molecule has 0 radical (unpaired) electrons. The average molecular weight is 230 g/mol. The Morgan fingerprint density at radius 3 is 2.71 bits per heavy atom. The molecule has 88 valence electrons. The molecule has 0 spiro atoms. The topological polar surface area (TPSA) is 60.3 Å². The van der Waals surface area contributed by atoms with Crippen molar-refractivity contribution in [3.8, 4) is 5.75 Å². The van der Waals surface area contributed by atoms with Gasteiger partial charge in [-0.2, -0.15) is 0 Å².